The molecule has 0 spiro atoms. The lowest BCUT2D eigenvalue weighted by atomic mass is 10.8. The summed E-state index contributed by atoms with van der Waals surface area (Å²) in [5.41, 5.74) is 0. The summed E-state index contributed by atoms with van der Waals surface area (Å²) in [6.45, 7) is 0.458. The summed E-state index contributed by atoms with van der Waals surface area (Å²) >= 11 is 0. The van der Waals surface area contributed by atoms with E-state index in [4.69, 9.17) is 15.6 Å². The summed E-state index contributed by atoms with van der Waals surface area (Å²) in [6.07, 6.45) is 0. The van der Waals surface area contributed by atoms with Crippen molar-refractivity contribution in [3.05, 3.63) is 0 Å². The maximum absolute atomic E-state index is 9.34. The number of hydrogen-bond acceptors (Lipinski definition) is 6. The van der Waals surface area contributed by atoms with Gasteiger partial charge in [-0.1, -0.05) is 0 Å². The van der Waals surface area contributed by atoms with Gasteiger partial charge in [0, 0.05) is 6.92 Å². The van der Waals surface area contributed by atoms with Crippen molar-refractivity contribution in [3.8, 4) is 0 Å². The lowest BCUT2D eigenvalue weighted by molar-refractivity contribution is -0.243. The summed E-state index contributed by atoms with van der Waals surface area (Å²) in [5, 5.41) is 22.3. The van der Waals surface area contributed by atoms with Crippen LogP contribution in [0.5, 0.6) is 0 Å². The van der Waals surface area contributed by atoms with Crippen molar-refractivity contribution in [2.75, 3.05) is 6.61 Å². The van der Waals surface area contributed by atoms with Gasteiger partial charge in [0.25, 0.3) is 0 Å². The quantitative estimate of drug-likeness (QED) is 0.379. The Balaban J connectivity index is 0. The number of carbonyl (C=O) groups is 2. The summed E-state index contributed by atoms with van der Waals surface area (Å²) in [6, 6.07) is 0. The molecule has 0 amide bonds. The van der Waals surface area contributed by atoms with Gasteiger partial charge in [0.15, 0.2) is 6.61 Å². The molecule has 11 heavy (non-hydrogen) atoms. The standard InChI is InChI=1S/C2H4O4.C2H4O3/c3-2(4)1-6-5;1-2(3)5-4/h5H,1H2,(H,3,4);4H,1H3. The van der Waals surface area contributed by atoms with Crippen LogP contribution >= 0.6 is 0 Å². The Morgan fingerprint density at radius 3 is 1.73 bits per heavy atom. The van der Waals surface area contributed by atoms with Gasteiger partial charge in [-0.25, -0.2) is 14.5 Å². The van der Waals surface area contributed by atoms with E-state index < -0.39 is 18.5 Å². The van der Waals surface area contributed by atoms with Crippen molar-refractivity contribution in [2.24, 2.45) is 0 Å². The Labute approximate surface area is 61.6 Å². The number of rotatable bonds is 2. The van der Waals surface area contributed by atoms with E-state index in [1.54, 1.807) is 0 Å². The smallest absolute Gasteiger partial charge is 0.339 e. The second-order valence-corrected chi connectivity index (χ2v) is 1.25. The molecule has 3 N–H and O–H groups in total. The summed E-state index contributed by atoms with van der Waals surface area (Å²) < 4.78 is 0. The first-order valence-electron chi connectivity index (χ1n) is 2.34. The van der Waals surface area contributed by atoms with Crippen molar-refractivity contribution >= 4 is 11.9 Å². The molecule has 0 saturated carbocycles. The van der Waals surface area contributed by atoms with Gasteiger partial charge in [0.2, 0.25) is 0 Å². The molecule has 0 radical (unpaired) electrons. The Hall–Kier alpha value is -1.18. The third-order valence-corrected chi connectivity index (χ3v) is 0.317. The van der Waals surface area contributed by atoms with Crippen LogP contribution in [0, 0.1) is 0 Å². The SMILES string of the molecule is CC(=O)OO.O=C(O)COO. The normalized spacial score (nSPS) is 7.55. The average Bonchev–Trinajstić information content (AvgIpc) is 1.89. The summed E-state index contributed by atoms with van der Waals surface area (Å²) in [5.74, 6) is -1.87. The van der Waals surface area contributed by atoms with Gasteiger partial charge < -0.3 is 9.99 Å². The first-order valence-corrected chi connectivity index (χ1v) is 2.34. The molecular formula is C4H8O7. The number of carboxylic acid groups (broad SMARTS) is 1. The molecule has 0 bridgehead atoms. The third kappa shape index (κ3) is 28.1. The minimum atomic E-state index is -1.18. The molecule has 0 unspecified atom stereocenters. The van der Waals surface area contributed by atoms with Gasteiger partial charge in [0.05, 0.1) is 0 Å². The number of hydrogen-bond donors (Lipinski definition) is 3. The largest absolute Gasteiger partial charge is 0.479 e. The molecule has 0 atom stereocenters. The highest BCUT2D eigenvalue weighted by atomic mass is 17.1. The average molecular weight is 168 g/mol. The molecule has 0 aliphatic rings. The predicted molar refractivity (Wildman–Crippen MR) is 30.6 cm³/mol. The van der Waals surface area contributed by atoms with Crippen LogP contribution in [0.25, 0.3) is 0 Å². The highest BCUT2D eigenvalue weighted by molar-refractivity contribution is 5.67. The Morgan fingerprint density at radius 1 is 1.36 bits per heavy atom. The summed E-state index contributed by atoms with van der Waals surface area (Å²) in [7, 11) is 0. The fourth-order valence-electron chi connectivity index (χ4n) is 0.0552. The van der Waals surface area contributed by atoms with Crippen LogP contribution in [-0.2, 0) is 19.4 Å². The molecule has 0 saturated heterocycles. The van der Waals surface area contributed by atoms with E-state index >= 15 is 0 Å². The minimum Gasteiger partial charge on any atom is -0.479 e. The number of carboxylic acids is 1. The van der Waals surface area contributed by atoms with Crippen LogP contribution in [0.4, 0.5) is 0 Å². The molecule has 7 heteroatoms. The maximum Gasteiger partial charge on any atom is 0.339 e. The zero-order valence-corrected chi connectivity index (χ0v) is 5.68. The van der Waals surface area contributed by atoms with E-state index in [-0.39, 0.29) is 0 Å². The molecule has 66 valence electrons. The van der Waals surface area contributed by atoms with Crippen molar-refractivity contribution < 1.29 is 35.0 Å². The van der Waals surface area contributed by atoms with E-state index in [2.05, 4.69) is 9.78 Å². The van der Waals surface area contributed by atoms with Crippen LogP contribution in [0.15, 0.2) is 0 Å². The molecule has 7 nitrogen and oxygen atoms in total. The third-order valence-electron chi connectivity index (χ3n) is 0.317. The lowest BCUT2D eigenvalue weighted by Gasteiger charge is -1.81. The molecule has 0 heterocycles. The zero-order valence-electron chi connectivity index (χ0n) is 5.68. The Kier molecular flexibility index (Phi) is 10.0. The first kappa shape index (κ1) is 12.5. The monoisotopic (exact) mass is 168 g/mol. The van der Waals surface area contributed by atoms with Gasteiger partial charge in [0.1, 0.15) is 0 Å². The van der Waals surface area contributed by atoms with Gasteiger partial charge >= 0.3 is 11.9 Å². The van der Waals surface area contributed by atoms with Gasteiger partial charge in [-0.15, -0.1) is 0 Å². The second kappa shape index (κ2) is 8.82. The van der Waals surface area contributed by atoms with Crippen molar-refractivity contribution in [3.63, 3.8) is 0 Å². The fourth-order valence-corrected chi connectivity index (χ4v) is 0.0552. The lowest BCUT2D eigenvalue weighted by Crippen LogP contribution is -2.03. The van der Waals surface area contributed by atoms with E-state index in [0.717, 1.165) is 6.92 Å². The van der Waals surface area contributed by atoms with Crippen molar-refractivity contribution in [1.29, 1.82) is 0 Å². The summed E-state index contributed by atoms with van der Waals surface area (Å²) in [4.78, 5) is 25.0. The molecule has 0 fully saturated rings. The molecule has 0 aromatic carbocycles. The molecule has 0 aromatic rings. The van der Waals surface area contributed by atoms with Gasteiger partial charge in [-0.3, -0.25) is 5.26 Å². The Morgan fingerprint density at radius 2 is 1.73 bits per heavy atom. The molecule has 0 rings (SSSR count). The first-order chi connectivity index (χ1) is 5.04. The minimum absolute atomic E-state index is 0.653. The predicted octanol–water partition coefficient (Wildman–Crippen LogP) is -0.417. The van der Waals surface area contributed by atoms with Crippen LogP contribution < -0.4 is 0 Å². The molecule has 0 aromatic heterocycles. The van der Waals surface area contributed by atoms with Crippen LogP contribution in [0.1, 0.15) is 6.92 Å². The van der Waals surface area contributed by atoms with Crippen molar-refractivity contribution in [2.45, 2.75) is 6.92 Å². The van der Waals surface area contributed by atoms with E-state index in [9.17, 15) is 9.59 Å². The van der Waals surface area contributed by atoms with Crippen molar-refractivity contribution in [1.82, 2.24) is 0 Å². The zero-order chi connectivity index (χ0) is 9.28. The van der Waals surface area contributed by atoms with E-state index in [1.807, 2.05) is 0 Å². The van der Waals surface area contributed by atoms with Gasteiger partial charge in [-0.2, -0.15) is 5.26 Å². The molecular weight excluding hydrogens is 160 g/mol. The van der Waals surface area contributed by atoms with Gasteiger partial charge in [-0.05, 0) is 0 Å². The molecule has 0 aliphatic heterocycles. The fraction of sp³-hybridized carbons (Fsp3) is 0.500. The van der Waals surface area contributed by atoms with Crippen LogP contribution in [-0.4, -0.2) is 34.2 Å². The highest BCUT2D eigenvalue weighted by Crippen LogP contribution is 1.61. The van der Waals surface area contributed by atoms with E-state index in [0.29, 0.717) is 0 Å². The maximum atomic E-state index is 9.34. The number of aliphatic carboxylic acids is 1. The van der Waals surface area contributed by atoms with Crippen LogP contribution in [0.2, 0.25) is 0 Å². The second-order valence-electron chi connectivity index (χ2n) is 1.25. The topological polar surface area (TPSA) is 113 Å². The van der Waals surface area contributed by atoms with Crippen LogP contribution in [0.3, 0.4) is 0 Å². The molecule has 0 aliphatic carbocycles. The number of carbonyl (C=O) groups excluding carboxylic acids is 1. The Bertz CT molecular complexity index is 120. The van der Waals surface area contributed by atoms with E-state index in [1.165, 1.54) is 0 Å². The highest BCUT2D eigenvalue weighted by Gasteiger charge is 1.89.